The number of nitrogens with one attached hydrogen (secondary N) is 1. The number of nitrogens with zero attached hydrogens (tertiary/aromatic N) is 1. The van der Waals surface area contributed by atoms with Gasteiger partial charge in [-0.25, -0.2) is 8.42 Å². The fourth-order valence-corrected chi connectivity index (χ4v) is 4.11. The number of amides is 1. The number of anilines is 2. The molecule has 5 nitrogen and oxygen atoms in total. The summed E-state index contributed by atoms with van der Waals surface area (Å²) < 4.78 is 26.2. The van der Waals surface area contributed by atoms with Gasteiger partial charge in [0.25, 0.3) is 0 Å². The van der Waals surface area contributed by atoms with E-state index in [0.717, 1.165) is 19.7 Å². The molecule has 0 aliphatic carbocycles. The van der Waals surface area contributed by atoms with Gasteiger partial charge in [-0.15, -0.1) is 0 Å². The molecule has 0 unspecified atom stereocenters. The zero-order valence-electron chi connectivity index (χ0n) is 13.4. The summed E-state index contributed by atoms with van der Waals surface area (Å²) >= 11 is 14.2. The molecular weight excluding hydrogens is 498 g/mol. The van der Waals surface area contributed by atoms with E-state index in [1.165, 1.54) is 6.07 Å². The summed E-state index contributed by atoms with van der Waals surface area (Å²) in [5.74, 6) is -0.481. The Morgan fingerprint density at radius 2 is 1.92 bits per heavy atom. The number of hydrogen-bond donors (Lipinski definition) is 1. The molecule has 0 aliphatic heterocycles. The highest BCUT2D eigenvalue weighted by molar-refractivity contribution is 14.1. The lowest BCUT2D eigenvalue weighted by Gasteiger charge is -2.23. The molecule has 2 aromatic carbocycles. The predicted octanol–water partition coefficient (Wildman–Crippen LogP) is 4.31. The topological polar surface area (TPSA) is 66.5 Å². The number of carbonyl (C=O) groups is 1. The summed E-state index contributed by atoms with van der Waals surface area (Å²) in [4.78, 5) is 12.4. The third kappa shape index (κ3) is 5.22. The molecule has 134 valence electrons. The number of hydrogen-bond acceptors (Lipinski definition) is 3. The SMILES string of the molecule is Cc1cc(I)ccc1NC(=O)CN(c1cccc(Cl)c1Cl)S(C)(=O)=O. The van der Waals surface area contributed by atoms with Crippen molar-refractivity contribution >= 4 is 73.1 Å². The third-order valence-corrected chi connectivity index (χ3v) is 5.96. The maximum Gasteiger partial charge on any atom is 0.245 e. The second kappa shape index (κ2) is 8.11. The predicted molar refractivity (Wildman–Crippen MR) is 111 cm³/mol. The van der Waals surface area contributed by atoms with E-state index in [1.807, 2.05) is 19.1 Å². The Morgan fingerprint density at radius 3 is 2.52 bits per heavy atom. The molecule has 0 aromatic heterocycles. The minimum absolute atomic E-state index is 0.0767. The second-order valence-electron chi connectivity index (χ2n) is 5.35. The van der Waals surface area contributed by atoms with Crippen LogP contribution in [0.25, 0.3) is 0 Å². The Labute approximate surface area is 170 Å². The summed E-state index contributed by atoms with van der Waals surface area (Å²) in [6.07, 6.45) is 1.01. The molecule has 1 N–H and O–H groups in total. The van der Waals surface area contributed by atoms with Gasteiger partial charge in [-0.3, -0.25) is 9.10 Å². The number of benzene rings is 2. The van der Waals surface area contributed by atoms with E-state index in [-0.39, 0.29) is 15.7 Å². The first-order chi connectivity index (χ1) is 11.6. The molecule has 0 radical (unpaired) electrons. The van der Waals surface area contributed by atoms with Gasteiger partial charge in [0.2, 0.25) is 15.9 Å². The second-order valence-corrected chi connectivity index (χ2v) is 9.29. The van der Waals surface area contributed by atoms with E-state index in [2.05, 4.69) is 27.9 Å². The fraction of sp³-hybridized carbons (Fsp3) is 0.188. The summed E-state index contributed by atoms with van der Waals surface area (Å²) in [7, 11) is -3.73. The molecule has 0 atom stereocenters. The highest BCUT2D eigenvalue weighted by Crippen LogP contribution is 2.33. The summed E-state index contributed by atoms with van der Waals surface area (Å²) in [6.45, 7) is 1.45. The molecule has 0 bridgehead atoms. The van der Waals surface area contributed by atoms with Crippen LogP contribution in [0.2, 0.25) is 10.0 Å². The van der Waals surface area contributed by atoms with E-state index in [1.54, 1.807) is 18.2 Å². The van der Waals surface area contributed by atoms with Gasteiger partial charge in [-0.05, 0) is 65.4 Å². The van der Waals surface area contributed by atoms with Gasteiger partial charge in [0.1, 0.15) is 6.54 Å². The van der Waals surface area contributed by atoms with Gasteiger partial charge in [0.05, 0.1) is 22.0 Å². The van der Waals surface area contributed by atoms with Gasteiger partial charge in [-0.2, -0.15) is 0 Å². The molecule has 0 saturated heterocycles. The van der Waals surface area contributed by atoms with Crippen molar-refractivity contribution in [1.29, 1.82) is 0 Å². The van der Waals surface area contributed by atoms with Gasteiger partial charge in [0.15, 0.2) is 0 Å². The molecule has 0 aliphatic rings. The smallest absolute Gasteiger partial charge is 0.245 e. The van der Waals surface area contributed by atoms with E-state index in [9.17, 15) is 13.2 Å². The van der Waals surface area contributed by atoms with Crippen molar-refractivity contribution in [2.75, 3.05) is 22.4 Å². The van der Waals surface area contributed by atoms with E-state index >= 15 is 0 Å². The van der Waals surface area contributed by atoms with Crippen LogP contribution in [0.5, 0.6) is 0 Å². The first kappa shape index (κ1) is 20.3. The molecule has 9 heteroatoms. The van der Waals surface area contributed by atoms with Crippen molar-refractivity contribution < 1.29 is 13.2 Å². The first-order valence-electron chi connectivity index (χ1n) is 7.07. The summed E-state index contributed by atoms with van der Waals surface area (Å²) in [5, 5.41) is 3.01. The number of halogens is 3. The Hall–Kier alpha value is -1.03. The quantitative estimate of drug-likeness (QED) is 0.607. The molecular formula is C16H15Cl2IN2O3S. The monoisotopic (exact) mass is 512 g/mol. The fourth-order valence-electron chi connectivity index (χ4n) is 2.15. The maximum atomic E-state index is 12.4. The number of aryl methyl sites for hydroxylation is 1. The minimum atomic E-state index is -3.73. The number of sulfonamides is 1. The minimum Gasteiger partial charge on any atom is -0.324 e. The van der Waals surface area contributed by atoms with Crippen LogP contribution in [-0.4, -0.2) is 27.1 Å². The van der Waals surface area contributed by atoms with Crippen molar-refractivity contribution in [2.45, 2.75) is 6.92 Å². The highest BCUT2D eigenvalue weighted by Gasteiger charge is 2.24. The average Bonchev–Trinajstić information content (AvgIpc) is 2.50. The van der Waals surface area contributed by atoms with Gasteiger partial charge in [-0.1, -0.05) is 29.3 Å². The van der Waals surface area contributed by atoms with Crippen molar-refractivity contribution in [3.63, 3.8) is 0 Å². The van der Waals surface area contributed by atoms with Crippen LogP contribution in [-0.2, 0) is 14.8 Å². The largest absolute Gasteiger partial charge is 0.324 e. The molecule has 2 aromatic rings. The molecule has 0 heterocycles. The number of rotatable bonds is 5. The van der Waals surface area contributed by atoms with Crippen LogP contribution in [0.3, 0.4) is 0 Å². The Balaban J connectivity index is 2.29. The molecule has 0 fully saturated rings. The lowest BCUT2D eigenvalue weighted by Crippen LogP contribution is -2.37. The Morgan fingerprint density at radius 1 is 1.24 bits per heavy atom. The third-order valence-electron chi connectivity index (χ3n) is 3.35. The van der Waals surface area contributed by atoms with E-state index in [4.69, 9.17) is 23.2 Å². The van der Waals surface area contributed by atoms with E-state index < -0.39 is 22.5 Å². The van der Waals surface area contributed by atoms with Crippen LogP contribution < -0.4 is 9.62 Å². The van der Waals surface area contributed by atoms with Crippen molar-refractivity contribution in [1.82, 2.24) is 0 Å². The molecule has 2 rings (SSSR count). The average molecular weight is 513 g/mol. The van der Waals surface area contributed by atoms with Gasteiger partial charge in [0, 0.05) is 9.26 Å². The van der Waals surface area contributed by atoms with Crippen LogP contribution in [0, 0.1) is 10.5 Å². The van der Waals surface area contributed by atoms with Gasteiger partial charge < -0.3 is 5.32 Å². The molecule has 1 amide bonds. The van der Waals surface area contributed by atoms with Crippen molar-refractivity contribution in [2.24, 2.45) is 0 Å². The standard InChI is InChI=1S/C16H15Cl2IN2O3S/c1-10-8-11(19)6-7-13(10)20-15(22)9-21(25(2,23)24)14-5-3-4-12(17)16(14)18/h3-8H,9H2,1-2H3,(H,20,22). The maximum absolute atomic E-state index is 12.4. The Bertz CT molecular complexity index is 920. The number of carbonyl (C=O) groups excluding carboxylic acids is 1. The summed E-state index contributed by atoms with van der Waals surface area (Å²) in [5.41, 5.74) is 1.66. The highest BCUT2D eigenvalue weighted by atomic mass is 127. The van der Waals surface area contributed by atoms with Crippen LogP contribution in [0.4, 0.5) is 11.4 Å². The zero-order chi connectivity index (χ0) is 18.8. The lowest BCUT2D eigenvalue weighted by atomic mass is 10.2. The summed E-state index contributed by atoms with van der Waals surface area (Å²) in [6, 6.07) is 10.2. The molecule has 0 saturated carbocycles. The van der Waals surface area contributed by atoms with E-state index in [0.29, 0.717) is 5.69 Å². The first-order valence-corrected chi connectivity index (χ1v) is 10.8. The van der Waals surface area contributed by atoms with Gasteiger partial charge >= 0.3 is 0 Å². The van der Waals surface area contributed by atoms with Crippen molar-refractivity contribution in [3.8, 4) is 0 Å². The van der Waals surface area contributed by atoms with Crippen LogP contribution in [0.1, 0.15) is 5.56 Å². The molecule has 25 heavy (non-hydrogen) atoms. The zero-order valence-corrected chi connectivity index (χ0v) is 17.9. The lowest BCUT2D eigenvalue weighted by molar-refractivity contribution is -0.114. The van der Waals surface area contributed by atoms with Crippen LogP contribution in [0.15, 0.2) is 36.4 Å². The van der Waals surface area contributed by atoms with Crippen molar-refractivity contribution in [3.05, 3.63) is 55.6 Å². The Kier molecular flexibility index (Phi) is 6.58. The van der Waals surface area contributed by atoms with Crippen LogP contribution >= 0.6 is 45.8 Å². The molecule has 0 spiro atoms. The normalized spacial score (nSPS) is 11.2.